The van der Waals surface area contributed by atoms with E-state index in [0.29, 0.717) is 0 Å². The molecule has 0 atom stereocenters. The zero-order valence-electron chi connectivity index (χ0n) is 31.0. The number of fused-ring (bicyclic) bond motifs is 9. The van der Waals surface area contributed by atoms with Gasteiger partial charge < -0.3 is 9.97 Å². The lowest BCUT2D eigenvalue weighted by Crippen LogP contribution is -2.43. The van der Waals surface area contributed by atoms with Crippen molar-refractivity contribution in [3.05, 3.63) is 191 Å². The first-order valence-electron chi connectivity index (χ1n) is 19.7. The summed E-state index contributed by atoms with van der Waals surface area (Å²) in [5.74, 6) is 0. The van der Waals surface area contributed by atoms with Gasteiger partial charge in [0, 0.05) is 70.0 Å². The molecule has 0 amide bonds. The van der Waals surface area contributed by atoms with Crippen molar-refractivity contribution >= 4 is 46.1 Å². The van der Waals surface area contributed by atoms with Crippen molar-refractivity contribution in [3.8, 4) is 45.0 Å². The van der Waals surface area contributed by atoms with Crippen LogP contribution >= 0.6 is 0 Å². The van der Waals surface area contributed by atoms with E-state index in [1.54, 1.807) is 0 Å². The molecule has 4 aromatic heterocycles. The molecule has 11 rings (SSSR count). The van der Waals surface area contributed by atoms with E-state index in [4.69, 9.17) is 0 Å². The average molecular weight is 721 g/mol. The van der Waals surface area contributed by atoms with E-state index < -0.39 is 0 Å². The minimum atomic E-state index is 0.975. The van der Waals surface area contributed by atoms with Crippen LogP contribution in [0.5, 0.6) is 0 Å². The van der Waals surface area contributed by atoms with Crippen molar-refractivity contribution in [2.75, 3.05) is 0 Å². The Labute approximate surface area is 326 Å². The van der Waals surface area contributed by atoms with Crippen LogP contribution in [-0.2, 0) is 25.9 Å². The summed E-state index contributed by atoms with van der Waals surface area (Å²) in [6.45, 7) is 1.95. The lowest BCUT2D eigenvalue weighted by Gasteiger charge is -2.23. The summed E-state index contributed by atoms with van der Waals surface area (Å²) in [7, 11) is 0. The minimum Gasteiger partial charge on any atom is -0.354 e. The van der Waals surface area contributed by atoms with Gasteiger partial charge in [-0.2, -0.15) is 9.13 Å². The Bertz CT molecular complexity index is 2810. The predicted molar refractivity (Wildman–Crippen MR) is 230 cm³/mol. The van der Waals surface area contributed by atoms with Crippen LogP contribution in [0, 0.1) is 0 Å². The fourth-order valence-electron chi connectivity index (χ4n) is 8.99. The number of aromatic nitrogens is 4. The van der Waals surface area contributed by atoms with E-state index >= 15 is 0 Å². The van der Waals surface area contributed by atoms with Crippen LogP contribution in [-0.4, -0.2) is 9.97 Å². The van der Waals surface area contributed by atoms with Crippen molar-refractivity contribution in [3.63, 3.8) is 0 Å². The molecule has 0 radical (unpaired) electrons. The monoisotopic (exact) mass is 720 g/mol. The van der Waals surface area contributed by atoms with Gasteiger partial charge in [-0.15, -0.1) is 0 Å². The van der Waals surface area contributed by atoms with Gasteiger partial charge in [0.25, 0.3) is 0 Å². The number of hydrogen-bond acceptors (Lipinski definition) is 0. The number of benzene rings is 5. The largest absolute Gasteiger partial charge is 0.354 e. The highest BCUT2D eigenvalue weighted by Crippen LogP contribution is 2.40. The number of nitrogens with one attached hydrogen (secondary N) is 2. The standard InChI is InChI=1S/C52H38N4/c1-3-11-39(12-4-1)51-43(41-15-7-9-17-45(41)53-51)23-19-35-25-29-55-31-27-37-21-22-38-28-32-56-30-26-36(34-48(56)50(38)49(37)47(55)33-35)20-24-44-42-16-8-10-18-46(42)54-52(44)40-13-5-2-6-14-40/h1-26,29-30,33-34H,27-28,31-32H2/p+2. The number of aryl methyl sites for hydroxylation is 4. The Morgan fingerprint density at radius 1 is 0.429 bits per heavy atom. The van der Waals surface area contributed by atoms with Gasteiger partial charge in [0.15, 0.2) is 25.5 Å². The maximum Gasteiger partial charge on any atom is 0.214 e. The summed E-state index contributed by atoms with van der Waals surface area (Å²) >= 11 is 0. The van der Waals surface area contributed by atoms with Crippen LogP contribution < -0.4 is 9.13 Å². The summed E-state index contributed by atoms with van der Waals surface area (Å²) < 4.78 is 4.90. The molecule has 0 fully saturated rings. The molecule has 0 spiro atoms. The normalized spacial score (nSPS) is 13.3. The van der Waals surface area contributed by atoms with E-state index in [-0.39, 0.29) is 0 Å². The molecule has 6 heterocycles. The number of nitrogens with zero attached hydrogens (tertiary/aromatic N) is 2. The van der Waals surface area contributed by atoms with Crippen molar-refractivity contribution < 1.29 is 9.13 Å². The SMILES string of the molecule is C(=C\c1c(-c2ccccc2)[nH]c2ccccc12)/c1cc[n+]2c(c1)-c1c(ccc3c1-c1cc(/C=C/c4c(-c5ccccc5)[nH]c5ccccc45)cc[n+]1CC3)CC2. The molecule has 4 nitrogen and oxygen atoms in total. The van der Waals surface area contributed by atoms with Gasteiger partial charge in [0.2, 0.25) is 11.4 Å². The van der Waals surface area contributed by atoms with E-state index in [1.807, 2.05) is 0 Å². The van der Waals surface area contributed by atoms with Crippen LogP contribution in [0.25, 0.3) is 91.1 Å². The number of pyridine rings is 2. The molecule has 0 aliphatic carbocycles. The molecule has 0 bridgehead atoms. The Morgan fingerprint density at radius 3 is 1.32 bits per heavy atom. The van der Waals surface area contributed by atoms with Crippen molar-refractivity contribution in [2.24, 2.45) is 0 Å². The van der Waals surface area contributed by atoms with Crippen LogP contribution in [0.2, 0.25) is 0 Å². The summed E-state index contributed by atoms with van der Waals surface area (Å²) in [4.78, 5) is 7.40. The second kappa shape index (κ2) is 13.4. The van der Waals surface area contributed by atoms with Crippen LogP contribution in [0.15, 0.2) is 158 Å². The summed E-state index contributed by atoms with van der Waals surface area (Å²) in [6.07, 6.45) is 15.8. The first kappa shape index (κ1) is 32.4. The van der Waals surface area contributed by atoms with E-state index in [9.17, 15) is 0 Å². The summed E-state index contributed by atoms with van der Waals surface area (Å²) in [5, 5.41) is 2.46. The molecule has 56 heavy (non-hydrogen) atoms. The summed E-state index contributed by atoms with van der Waals surface area (Å²) in [6, 6.07) is 52.6. The third kappa shape index (κ3) is 5.53. The maximum absolute atomic E-state index is 3.70. The Kier molecular flexibility index (Phi) is 7.73. The molecule has 5 aromatic carbocycles. The van der Waals surface area contributed by atoms with E-state index in [2.05, 4.69) is 201 Å². The van der Waals surface area contributed by atoms with Gasteiger partial charge in [-0.05, 0) is 45.5 Å². The topological polar surface area (TPSA) is 39.3 Å². The molecule has 2 N–H and O–H groups in total. The lowest BCUT2D eigenvalue weighted by molar-refractivity contribution is -0.689. The molecular formula is C52H40N4+2. The smallest absolute Gasteiger partial charge is 0.214 e. The van der Waals surface area contributed by atoms with Crippen molar-refractivity contribution in [2.45, 2.75) is 25.9 Å². The fourth-order valence-corrected chi connectivity index (χ4v) is 8.99. The molecule has 2 aliphatic rings. The molecule has 0 unspecified atom stereocenters. The van der Waals surface area contributed by atoms with Gasteiger partial charge in [0.1, 0.15) is 0 Å². The maximum atomic E-state index is 3.70. The molecule has 4 heteroatoms. The summed E-state index contributed by atoms with van der Waals surface area (Å²) in [5.41, 5.74) is 19.9. The van der Waals surface area contributed by atoms with Gasteiger partial charge in [0.05, 0.1) is 22.5 Å². The van der Waals surface area contributed by atoms with Gasteiger partial charge >= 0.3 is 0 Å². The van der Waals surface area contributed by atoms with E-state index in [0.717, 1.165) is 48.4 Å². The number of aromatic amines is 2. The molecule has 2 aliphatic heterocycles. The zero-order chi connectivity index (χ0) is 37.0. The average Bonchev–Trinajstić information content (AvgIpc) is 3.83. The molecule has 0 saturated heterocycles. The number of hydrogen-bond donors (Lipinski definition) is 2. The Balaban J connectivity index is 0.997. The van der Waals surface area contributed by atoms with Crippen LogP contribution in [0.3, 0.4) is 0 Å². The first-order valence-corrected chi connectivity index (χ1v) is 19.7. The Hall–Kier alpha value is -7.04. The highest BCUT2D eigenvalue weighted by Gasteiger charge is 2.33. The number of H-pyrrole nitrogens is 2. The zero-order valence-corrected chi connectivity index (χ0v) is 31.0. The lowest BCUT2D eigenvalue weighted by atomic mass is 9.84. The Morgan fingerprint density at radius 2 is 0.857 bits per heavy atom. The third-order valence-electron chi connectivity index (χ3n) is 11.8. The second-order valence-electron chi connectivity index (χ2n) is 15.0. The molecular weight excluding hydrogens is 681 g/mol. The van der Waals surface area contributed by atoms with Crippen LogP contribution in [0.4, 0.5) is 0 Å². The highest BCUT2D eigenvalue weighted by molar-refractivity contribution is 6.00. The van der Waals surface area contributed by atoms with Crippen LogP contribution in [0.1, 0.15) is 33.4 Å². The van der Waals surface area contributed by atoms with Crippen molar-refractivity contribution in [1.29, 1.82) is 0 Å². The number of para-hydroxylation sites is 2. The fraction of sp³-hybridized carbons (Fsp3) is 0.0769. The van der Waals surface area contributed by atoms with E-state index in [1.165, 1.54) is 77.8 Å². The van der Waals surface area contributed by atoms with Gasteiger partial charge in [-0.3, -0.25) is 0 Å². The molecule has 266 valence electrons. The molecule has 0 saturated carbocycles. The molecule has 9 aromatic rings. The third-order valence-corrected chi connectivity index (χ3v) is 11.8. The second-order valence-corrected chi connectivity index (χ2v) is 15.0. The first-order chi connectivity index (χ1) is 27.7. The van der Waals surface area contributed by atoms with Gasteiger partial charge in [-0.25, -0.2) is 0 Å². The highest BCUT2D eigenvalue weighted by atomic mass is 15.0. The quantitative estimate of drug-likeness (QED) is 0.161. The number of rotatable bonds is 6. The van der Waals surface area contributed by atoms with Gasteiger partial charge in [-0.1, -0.05) is 133 Å². The predicted octanol–water partition coefficient (Wildman–Crippen LogP) is 11.3. The minimum absolute atomic E-state index is 0.975. The van der Waals surface area contributed by atoms with Crippen molar-refractivity contribution in [1.82, 2.24) is 9.97 Å².